The lowest BCUT2D eigenvalue weighted by Crippen LogP contribution is -2.07. The van der Waals surface area contributed by atoms with Crippen LogP contribution in [0.2, 0.25) is 0 Å². The van der Waals surface area contributed by atoms with Crippen LogP contribution >= 0.6 is 0 Å². The Morgan fingerprint density at radius 2 is 1.95 bits per heavy atom. The van der Waals surface area contributed by atoms with Crippen LogP contribution in [0.25, 0.3) is 11.1 Å². The highest BCUT2D eigenvalue weighted by Gasteiger charge is 2.03. The predicted octanol–water partition coefficient (Wildman–Crippen LogP) is 3.03. The average Bonchev–Trinajstić information content (AvgIpc) is 3.07. The average molecular weight is 293 g/mol. The number of hydrogen-bond acceptors (Lipinski definition) is 4. The van der Waals surface area contributed by atoms with E-state index in [1.54, 1.807) is 12.7 Å². The maximum Gasteiger partial charge on any atom is 0.137 e. The van der Waals surface area contributed by atoms with E-state index in [4.69, 9.17) is 5.73 Å². The first-order valence-corrected chi connectivity index (χ1v) is 7.34. The molecule has 1 aromatic heterocycles. The molecule has 112 valence electrons. The maximum atomic E-state index is 6.09. The van der Waals surface area contributed by atoms with Crippen LogP contribution in [0.5, 0.6) is 0 Å². The van der Waals surface area contributed by atoms with Crippen molar-refractivity contribution in [3.05, 3.63) is 61.2 Å². The van der Waals surface area contributed by atoms with Crippen LogP contribution in [0.4, 0.5) is 11.4 Å². The van der Waals surface area contributed by atoms with Crippen LogP contribution in [-0.2, 0) is 6.54 Å². The van der Waals surface area contributed by atoms with Crippen LogP contribution < -0.4 is 11.1 Å². The second-order valence-electron chi connectivity index (χ2n) is 5.11. The summed E-state index contributed by atoms with van der Waals surface area (Å²) >= 11 is 0. The largest absolute Gasteiger partial charge is 0.398 e. The Kier molecular flexibility index (Phi) is 4.34. The predicted molar refractivity (Wildman–Crippen MR) is 89.4 cm³/mol. The summed E-state index contributed by atoms with van der Waals surface area (Å²) in [6, 6.07) is 16.2. The van der Waals surface area contributed by atoms with Gasteiger partial charge in [-0.1, -0.05) is 30.3 Å². The molecule has 0 fully saturated rings. The van der Waals surface area contributed by atoms with E-state index in [0.717, 1.165) is 42.0 Å². The molecule has 2 aromatic carbocycles. The molecule has 0 saturated carbocycles. The smallest absolute Gasteiger partial charge is 0.137 e. The zero-order valence-electron chi connectivity index (χ0n) is 12.3. The van der Waals surface area contributed by atoms with Crippen molar-refractivity contribution in [2.75, 3.05) is 17.6 Å². The normalized spacial score (nSPS) is 10.5. The third-order valence-corrected chi connectivity index (χ3v) is 3.50. The molecule has 5 heteroatoms. The first kappa shape index (κ1) is 14.1. The van der Waals surface area contributed by atoms with Gasteiger partial charge in [-0.2, -0.15) is 5.10 Å². The van der Waals surface area contributed by atoms with E-state index in [0.29, 0.717) is 0 Å². The van der Waals surface area contributed by atoms with Gasteiger partial charge in [-0.05, 0) is 30.2 Å². The number of aromatic nitrogens is 3. The molecule has 0 saturated heterocycles. The number of aryl methyl sites for hydroxylation is 1. The number of rotatable bonds is 6. The molecule has 0 unspecified atom stereocenters. The second-order valence-corrected chi connectivity index (χ2v) is 5.11. The molecule has 1 heterocycles. The molecule has 0 aliphatic carbocycles. The van der Waals surface area contributed by atoms with Crippen molar-refractivity contribution in [3.8, 4) is 11.1 Å². The number of nitrogens with zero attached hydrogens (tertiary/aromatic N) is 3. The quantitative estimate of drug-likeness (QED) is 0.541. The molecule has 0 aliphatic heterocycles. The van der Waals surface area contributed by atoms with Gasteiger partial charge in [-0.25, -0.2) is 4.98 Å². The molecule has 22 heavy (non-hydrogen) atoms. The van der Waals surface area contributed by atoms with Crippen LogP contribution in [0.3, 0.4) is 0 Å². The van der Waals surface area contributed by atoms with Gasteiger partial charge in [0.05, 0.1) is 0 Å². The van der Waals surface area contributed by atoms with Gasteiger partial charge in [0.15, 0.2) is 0 Å². The fourth-order valence-electron chi connectivity index (χ4n) is 2.36. The molecule has 0 bridgehead atoms. The van der Waals surface area contributed by atoms with E-state index in [1.165, 1.54) is 0 Å². The standard InChI is InChI=1S/C17H19N5/c18-17-8-7-15(11-16(17)14-5-2-1-3-6-14)20-9-4-10-22-13-19-12-21-22/h1-3,5-8,11-13,20H,4,9-10,18H2. The minimum absolute atomic E-state index is 0.791. The first-order valence-electron chi connectivity index (χ1n) is 7.34. The molecule has 0 spiro atoms. The molecule has 0 radical (unpaired) electrons. The van der Waals surface area contributed by atoms with E-state index < -0.39 is 0 Å². The number of anilines is 2. The number of benzene rings is 2. The third-order valence-electron chi connectivity index (χ3n) is 3.50. The molecular weight excluding hydrogens is 274 g/mol. The van der Waals surface area contributed by atoms with Crippen LogP contribution in [0, 0.1) is 0 Å². The molecule has 3 N–H and O–H groups in total. The Morgan fingerprint density at radius 1 is 1.09 bits per heavy atom. The van der Waals surface area contributed by atoms with E-state index in [-0.39, 0.29) is 0 Å². The fourth-order valence-corrected chi connectivity index (χ4v) is 2.36. The van der Waals surface area contributed by atoms with E-state index in [1.807, 2.05) is 35.0 Å². The van der Waals surface area contributed by atoms with Gasteiger partial charge in [0.25, 0.3) is 0 Å². The van der Waals surface area contributed by atoms with E-state index in [9.17, 15) is 0 Å². The maximum absolute atomic E-state index is 6.09. The summed E-state index contributed by atoms with van der Waals surface area (Å²) in [6.45, 7) is 1.73. The Labute approximate surface area is 129 Å². The molecule has 0 atom stereocenters. The summed E-state index contributed by atoms with van der Waals surface area (Å²) in [5, 5.41) is 7.51. The highest BCUT2D eigenvalue weighted by molar-refractivity contribution is 5.79. The van der Waals surface area contributed by atoms with Gasteiger partial charge in [0.2, 0.25) is 0 Å². The summed E-state index contributed by atoms with van der Waals surface area (Å²) in [7, 11) is 0. The monoisotopic (exact) mass is 293 g/mol. The summed E-state index contributed by atoms with van der Waals surface area (Å²) in [6.07, 6.45) is 4.27. The third kappa shape index (κ3) is 3.44. The Balaban J connectivity index is 1.62. The van der Waals surface area contributed by atoms with Crippen molar-refractivity contribution in [3.63, 3.8) is 0 Å². The summed E-state index contributed by atoms with van der Waals surface area (Å²) in [5.74, 6) is 0. The fraction of sp³-hybridized carbons (Fsp3) is 0.176. The number of hydrogen-bond donors (Lipinski definition) is 2. The molecule has 0 aliphatic rings. The zero-order valence-corrected chi connectivity index (χ0v) is 12.3. The van der Waals surface area contributed by atoms with Gasteiger partial charge in [-0.15, -0.1) is 0 Å². The van der Waals surface area contributed by atoms with Crippen molar-refractivity contribution in [1.82, 2.24) is 14.8 Å². The van der Waals surface area contributed by atoms with Crippen molar-refractivity contribution in [2.24, 2.45) is 0 Å². The van der Waals surface area contributed by atoms with Gasteiger partial charge < -0.3 is 11.1 Å². The van der Waals surface area contributed by atoms with Gasteiger partial charge in [-0.3, -0.25) is 4.68 Å². The minimum atomic E-state index is 0.791. The summed E-state index contributed by atoms with van der Waals surface area (Å²) in [4.78, 5) is 3.93. The summed E-state index contributed by atoms with van der Waals surface area (Å²) in [5.41, 5.74) is 10.1. The number of nitrogens with two attached hydrogens (primary N) is 1. The zero-order chi connectivity index (χ0) is 15.2. The number of nitrogens with one attached hydrogen (secondary N) is 1. The van der Waals surface area contributed by atoms with Crippen molar-refractivity contribution >= 4 is 11.4 Å². The highest BCUT2D eigenvalue weighted by Crippen LogP contribution is 2.28. The lowest BCUT2D eigenvalue weighted by Gasteiger charge is -2.11. The van der Waals surface area contributed by atoms with E-state index in [2.05, 4.69) is 33.6 Å². The number of nitrogen functional groups attached to an aromatic ring is 1. The molecule has 5 nitrogen and oxygen atoms in total. The van der Waals surface area contributed by atoms with Gasteiger partial charge >= 0.3 is 0 Å². The Morgan fingerprint density at radius 3 is 2.73 bits per heavy atom. The summed E-state index contributed by atoms with van der Waals surface area (Å²) < 4.78 is 1.83. The SMILES string of the molecule is Nc1ccc(NCCCn2cncn2)cc1-c1ccccc1. The lowest BCUT2D eigenvalue weighted by atomic mass is 10.0. The second kappa shape index (κ2) is 6.76. The van der Waals surface area contributed by atoms with E-state index >= 15 is 0 Å². The highest BCUT2D eigenvalue weighted by atomic mass is 15.3. The van der Waals surface area contributed by atoms with Crippen LogP contribution in [0.15, 0.2) is 61.2 Å². The van der Waals surface area contributed by atoms with Gasteiger partial charge in [0, 0.05) is 30.0 Å². The lowest BCUT2D eigenvalue weighted by molar-refractivity contribution is 0.590. The molecule has 3 aromatic rings. The minimum Gasteiger partial charge on any atom is -0.398 e. The van der Waals surface area contributed by atoms with Crippen LogP contribution in [0.1, 0.15) is 6.42 Å². The Hall–Kier alpha value is -2.82. The molecule has 3 rings (SSSR count). The van der Waals surface area contributed by atoms with Gasteiger partial charge in [0.1, 0.15) is 12.7 Å². The Bertz CT molecular complexity index is 707. The van der Waals surface area contributed by atoms with Crippen molar-refractivity contribution < 1.29 is 0 Å². The molecule has 0 amide bonds. The topological polar surface area (TPSA) is 68.8 Å². The van der Waals surface area contributed by atoms with Crippen molar-refractivity contribution in [2.45, 2.75) is 13.0 Å². The van der Waals surface area contributed by atoms with Crippen molar-refractivity contribution in [1.29, 1.82) is 0 Å². The van der Waals surface area contributed by atoms with Crippen LogP contribution in [-0.4, -0.2) is 21.3 Å². The first-order chi connectivity index (χ1) is 10.8. The molecular formula is C17H19N5.